The van der Waals surface area contributed by atoms with Crippen LogP contribution < -0.4 is 5.73 Å². The van der Waals surface area contributed by atoms with E-state index in [0.717, 1.165) is 13.1 Å². The zero-order valence-corrected chi connectivity index (χ0v) is 10.9. The average Bonchev–Trinajstić information content (AvgIpc) is 3.06. The lowest BCUT2D eigenvalue weighted by Gasteiger charge is -2.20. The molecule has 0 heterocycles. The number of fused-ring (bicyclic) bond motifs is 1. The van der Waals surface area contributed by atoms with Gasteiger partial charge in [0.15, 0.2) is 0 Å². The Morgan fingerprint density at radius 1 is 1.11 bits per heavy atom. The smallest absolute Gasteiger partial charge is 0.0284 e. The first-order chi connectivity index (χ1) is 8.65. The largest absolute Gasteiger partial charge is 0.324 e. The van der Waals surface area contributed by atoms with Crippen LogP contribution in [0.1, 0.15) is 18.4 Å². The predicted molar refractivity (Wildman–Crippen MR) is 76.4 cm³/mol. The van der Waals surface area contributed by atoms with Crippen molar-refractivity contribution >= 4 is 10.8 Å². The van der Waals surface area contributed by atoms with Crippen molar-refractivity contribution in [3.63, 3.8) is 0 Å². The van der Waals surface area contributed by atoms with Gasteiger partial charge in [-0.25, -0.2) is 0 Å². The molecule has 0 atom stereocenters. The number of hydrogen-bond acceptors (Lipinski definition) is 2. The predicted octanol–water partition coefficient (Wildman–Crippen LogP) is 2.76. The van der Waals surface area contributed by atoms with E-state index >= 15 is 0 Å². The summed E-state index contributed by atoms with van der Waals surface area (Å²) in [6.45, 7) is 1.98. The molecule has 0 aromatic heterocycles. The Kier molecular flexibility index (Phi) is 2.84. The molecule has 2 aromatic rings. The lowest BCUT2D eigenvalue weighted by atomic mass is 10.1. The Morgan fingerprint density at radius 3 is 2.56 bits per heavy atom. The molecule has 0 unspecified atom stereocenters. The van der Waals surface area contributed by atoms with Crippen LogP contribution in [0, 0.1) is 0 Å². The lowest BCUT2D eigenvalue weighted by Crippen LogP contribution is -2.36. The quantitative estimate of drug-likeness (QED) is 0.890. The van der Waals surface area contributed by atoms with E-state index in [1.165, 1.54) is 29.2 Å². The van der Waals surface area contributed by atoms with Crippen LogP contribution in [-0.2, 0) is 6.54 Å². The van der Waals surface area contributed by atoms with Gasteiger partial charge in [0.05, 0.1) is 0 Å². The van der Waals surface area contributed by atoms with Crippen molar-refractivity contribution in [1.29, 1.82) is 0 Å². The molecule has 0 spiro atoms. The first-order valence-electron chi connectivity index (χ1n) is 6.60. The van der Waals surface area contributed by atoms with Crippen molar-refractivity contribution in [2.75, 3.05) is 13.6 Å². The molecule has 2 nitrogen and oxygen atoms in total. The second kappa shape index (κ2) is 4.38. The van der Waals surface area contributed by atoms with Gasteiger partial charge in [-0.05, 0) is 42.3 Å². The van der Waals surface area contributed by atoms with Crippen LogP contribution in [0.3, 0.4) is 0 Å². The molecule has 0 aliphatic heterocycles. The first-order valence-corrected chi connectivity index (χ1v) is 6.60. The van der Waals surface area contributed by atoms with Crippen molar-refractivity contribution in [3.05, 3.63) is 48.0 Å². The molecular weight excluding hydrogens is 220 g/mol. The van der Waals surface area contributed by atoms with Gasteiger partial charge in [0.1, 0.15) is 0 Å². The number of nitrogens with zero attached hydrogens (tertiary/aromatic N) is 1. The summed E-state index contributed by atoms with van der Waals surface area (Å²) in [6, 6.07) is 15.2. The molecule has 94 valence electrons. The number of nitrogens with two attached hydrogens (primary N) is 1. The summed E-state index contributed by atoms with van der Waals surface area (Å²) in [5.41, 5.74) is 7.61. The summed E-state index contributed by atoms with van der Waals surface area (Å²) >= 11 is 0. The highest BCUT2D eigenvalue weighted by Gasteiger charge is 2.38. The molecule has 0 saturated heterocycles. The second-order valence-corrected chi connectivity index (χ2v) is 5.72. The van der Waals surface area contributed by atoms with Crippen molar-refractivity contribution in [3.8, 4) is 0 Å². The molecule has 0 amide bonds. The second-order valence-electron chi connectivity index (χ2n) is 5.72. The third kappa shape index (κ3) is 2.55. The lowest BCUT2D eigenvalue weighted by molar-refractivity contribution is 0.296. The normalized spacial score (nSPS) is 17.3. The topological polar surface area (TPSA) is 29.3 Å². The first kappa shape index (κ1) is 11.7. The number of likely N-dealkylation sites (N-methyl/N-ethyl adjacent to an activating group) is 1. The van der Waals surface area contributed by atoms with Crippen LogP contribution in [0.15, 0.2) is 42.5 Å². The zero-order valence-electron chi connectivity index (χ0n) is 10.9. The van der Waals surface area contributed by atoms with E-state index in [4.69, 9.17) is 5.73 Å². The fourth-order valence-electron chi connectivity index (χ4n) is 2.56. The molecule has 2 aromatic carbocycles. The van der Waals surface area contributed by atoms with Crippen molar-refractivity contribution in [2.45, 2.75) is 24.9 Å². The zero-order chi connectivity index (χ0) is 12.6. The van der Waals surface area contributed by atoms with Crippen LogP contribution >= 0.6 is 0 Å². The highest BCUT2D eigenvalue weighted by atomic mass is 15.1. The van der Waals surface area contributed by atoms with Gasteiger partial charge in [-0.1, -0.05) is 36.4 Å². The van der Waals surface area contributed by atoms with E-state index < -0.39 is 0 Å². The molecule has 2 N–H and O–H groups in total. The summed E-state index contributed by atoms with van der Waals surface area (Å²) < 4.78 is 0. The molecule has 1 aliphatic carbocycles. The SMILES string of the molecule is CN(Cc1ccc2ccccc2c1)CC1(N)CC1. The van der Waals surface area contributed by atoms with E-state index in [-0.39, 0.29) is 5.54 Å². The van der Waals surface area contributed by atoms with Crippen LogP contribution in [-0.4, -0.2) is 24.0 Å². The average molecular weight is 240 g/mol. The standard InChI is InChI=1S/C16H20N2/c1-18(12-16(17)8-9-16)11-13-6-7-14-4-2-3-5-15(14)10-13/h2-7,10H,8-9,11-12,17H2,1H3. The van der Waals surface area contributed by atoms with E-state index in [1.54, 1.807) is 0 Å². The summed E-state index contributed by atoms with van der Waals surface area (Å²) in [5, 5.41) is 2.62. The Labute approximate surface area is 108 Å². The Hall–Kier alpha value is -1.38. The number of benzene rings is 2. The molecular formula is C16H20N2. The van der Waals surface area contributed by atoms with E-state index in [2.05, 4.69) is 54.4 Å². The van der Waals surface area contributed by atoms with Crippen LogP contribution in [0.2, 0.25) is 0 Å². The van der Waals surface area contributed by atoms with E-state index in [1.807, 2.05) is 0 Å². The molecule has 1 fully saturated rings. The molecule has 0 radical (unpaired) electrons. The van der Waals surface area contributed by atoms with Gasteiger partial charge in [-0.2, -0.15) is 0 Å². The van der Waals surface area contributed by atoms with Gasteiger partial charge < -0.3 is 10.6 Å². The van der Waals surface area contributed by atoms with E-state index in [0.29, 0.717) is 0 Å². The summed E-state index contributed by atoms with van der Waals surface area (Å²) in [7, 11) is 2.15. The number of rotatable bonds is 4. The van der Waals surface area contributed by atoms with Crippen molar-refractivity contribution in [2.24, 2.45) is 5.73 Å². The van der Waals surface area contributed by atoms with Crippen LogP contribution in [0.25, 0.3) is 10.8 Å². The molecule has 0 bridgehead atoms. The maximum absolute atomic E-state index is 6.15. The molecule has 1 aliphatic rings. The highest BCUT2D eigenvalue weighted by molar-refractivity contribution is 5.82. The minimum atomic E-state index is 0.103. The van der Waals surface area contributed by atoms with Gasteiger partial charge in [-0.15, -0.1) is 0 Å². The molecule has 18 heavy (non-hydrogen) atoms. The third-order valence-corrected chi connectivity index (χ3v) is 3.74. The molecule has 1 saturated carbocycles. The van der Waals surface area contributed by atoms with Gasteiger partial charge in [0.2, 0.25) is 0 Å². The Morgan fingerprint density at radius 2 is 1.83 bits per heavy atom. The van der Waals surface area contributed by atoms with E-state index in [9.17, 15) is 0 Å². The van der Waals surface area contributed by atoms with Crippen LogP contribution in [0.5, 0.6) is 0 Å². The Bertz CT molecular complexity index is 558. The minimum Gasteiger partial charge on any atom is -0.324 e. The fraction of sp³-hybridized carbons (Fsp3) is 0.375. The van der Waals surface area contributed by atoms with Crippen molar-refractivity contribution in [1.82, 2.24) is 4.90 Å². The molecule has 3 rings (SSSR count). The highest BCUT2D eigenvalue weighted by Crippen LogP contribution is 2.32. The van der Waals surface area contributed by atoms with Gasteiger partial charge in [0, 0.05) is 18.6 Å². The summed E-state index contributed by atoms with van der Waals surface area (Å²) in [5.74, 6) is 0. The van der Waals surface area contributed by atoms with Gasteiger partial charge in [0.25, 0.3) is 0 Å². The summed E-state index contributed by atoms with van der Waals surface area (Å²) in [4.78, 5) is 2.33. The van der Waals surface area contributed by atoms with Crippen molar-refractivity contribution < 1.29 is 0 Å². The molecule has 2 heteroatoms. The monoisotopic (exact) mass is 240 g/mol. The third-order valence-electron chi connectivity index (χ3n) is 3.74. The minimum absolute atomic E-state index is 0.103. The van der Waals surface area contributed by atoms with Gasteiger partial charge >= 0.3 is 0 Å². The maximum atomic E-state index is 6.15. The number of hydrogen-bond donors (Lipinski definition) is 1. The Balaban J connectivity index is 1.73. The fourth-order valence-corrected chi connectivity index (χ4v) is 2.56. The summed E-state index contributed by atoms with van der Waals surface area (Å²) in [6.07, 6.45) is 2.35. The van der Waals surface area contributed by atoms with Crippen LogP contribution in [0.4, 0.5) is 0 Å². The van der Waals surface area contributed by atoms with Gasteiger partial charge in [-0.3, -0.25) is 0 Å². The maximum Gasteiger partial charge on any atom is 0.0284 e.